The van der Waals surface area contributed by atoms with Crippen molar-refractivity contribution in [1.29, 1.82) is 0 Å². The summed E-state index contributed by atoms with van der Waals surface area (Å²) in [5.41, 5.74) is 1.86. The second-order valence-electron chi connectivity index (χ2n) is 7.12. The summed E-state index contributed by atoms with van der Waals surface area (Å²) in [6.07, 6.45) is 4.53. The van der Waals surface area contributed by atoms with E-state index in [-0.39, 0.29) is 37.7 Å². The highest BCUT2D eigenvalue weighted by Crippen LogP contribution is 2.28. The van der Waals surface area contributed by atoms with Gasteiger partial charge >= 0.3 is 5.97 Å². The zero-order valence-electron chi connectivity index (χ0n) is 15.4. The summed E-state index contributed by atoms with van der Waals surface area (Å²) < 4.78 is 5.81. The molecule has 27 heavy (non-hydrogen) atoms. The number of rotatable bonds is 1. The Morgan fingerprint density at radius 3 is 2.74 bits per heavy atom. The van der Waals surface area contributed by atoms with Gasteiger partial charge in [0.1, 0.15) is 11.8 Å². The number of benzene rings is 1. The number of hydrogen-bond donors (Lipinski definition) is 2. The zero-order valence-corrected chi connectivity index (χ0v) is 15.4. The number of carboxylic acid groups (broad SMARTS) is 1. The molecule has 146 valence electrons. The number of carbonyl (C=O) groups excluding carboxylic acids is 2. The first-order chi connectivity index (χ1) is 13.0. The van der Waals surface area contributed by atoms with Crippen molar-refractivity contribution in [3.05, 3.63) is 29.3 Å². The maximum Gasteiger partial charge on any atom is 0.326 e. The summed E-state index contributed by atoms with van der Waals surface area (Å²) in [5.74, 6) is -0.588. The van der Waals surface area contributed by atoms with Crippen LogP contribution in [-0.4, -0.2) is 47.0 Å². The molecule has 7 heteroatoms. The van der Waals surface area contributed by atoms with Crippen LogP contribution in [0.5, 0.6) is 5.75 Å². The molecule has 0 saturated carbocycles. The highest BCUT2D eigenvalue weighted by molar-refractivity contribution is 5.85. The molecule has 3 rings (SSSR count). The summed E-state index contributed by atoms with van der Waals surface area (Å²) in [4.78, 5) is 37.5. The van der Waals surface area contributed by atoms with Crippen LogP contribution in [0.2, 0.25) is 0 Å². The second kappa shape index (κ2) is 8.88. The van der Waals surface area contributed by atoms with Crippen molar-refractivity contribution in [2.24, 2.45) is 0 Å². The fourth-order valence-electron chi connectivity index (χ4n) is 3.61. The van der Waals surface area contributed by atoms with E-state index in [9.17, 15) is 19.5 Å². The van der Waals surface area contributed by atoms with E-state index in [0.29, 0.717) is 13.0 Å². The molecule has 7 nitrogen and oxygen atoms in total. The molecule has 2 aliphatic rings. The van der Waals surface area contributed by atoms with Gasteiger partial charge in [0, 0.05) is 32.4 Å². The molecule has 0 aromatic heterocycles. The van der Waals surface area contributed by atoms with Crippen LogP contribution < -0.4 is 10.1 Å². The predicted octanol–water partition coefficient (Wildman–Crippen LogP) is 1.87. The number of carboxylic acids is 1. The van der Waals surface area contributed by atoms with Gasteiger partial charge in [-0.3, -0.25) is 9.59 Å². The zero-order chi connectivity index (χ0) is 19.2. The molecule has 2 amide bonds. The van der Waals surface area contributed by atoms with Crippen molar-refractivity contribution >= 4 is 17.8 Å². The highest BCUT2D eigenvalue weighted by atomic mass is 16.5. The van der Waals surface area contributed by atoms with E-state index in [4.69, 9.17) is 4.74 Å². The number of hydrogen-bond acceptors (Lipinski definition) is 4. The van der Waals surface area contributed by atoms with E-state index >= 15 is 0 Å². The van der Waals surface area contributed by atoms with Crippen molar-refractivity contribution in [3.63, 3.8) is 0 Å². The lowest BCUT2D eigenvalue weighted by Gasteiger charge is -2.34. The normalized spacial score (nSPS) is 21.9. The Balaban J connectivity index is 1.80. The molecule has 1 aromatic rings. The molecule has 0 fully saturated rings. The van der Waals surface area contributed by atoms with Crippen LogP contribution in [0.3, 0.4) is 0 Å². The highest BCUT2D eigenvalue weighted by Gasteiger charge is 2.34. The second-order valence-corrected chi connectivity index (χ2v) is 7.12. The number of fused-ring (bicyclic) bond motifs is 2. The molecule has 1 aromatic carbocycles. The van der Waals surface area contributed by atoms with Crippen molar-refractivity contribution in [2.45, 2.75) is 57.5 Å². The summed E-state index contributed by atoms with van der Waals surface area (Å²) in [6, 6.07) is 4.80. The van der Waals surface area contributed by atoms with Gasteiger partial charge in [0.2, 0.25) is 11.8 Å². The van der Waals surface area contributed by atoms with E-state index in [0.717, 1.165) is 42.6 Å². The number of nitrogens with zero attached hydrogens (tertiary/aromatic N) is 1. The third-order valence-corrected chi connectivity index (χ3v) is 5.14. The van der Waals surface area contributed by atoms with E-state index in [1.54, 1.807) is 0 Å². The Labute approximate surface area is 158 Å². The monoisotopic (exact) mass is 374 g/mol. The third kappa shape index (κ3) is 4.99. The van der Waals surface area contributed by atoms with Crippen LogP contribution in [0.15, 0.2) is 18.2 Å². The largest absolute Gasteiger partial charge is 0.494 e. The Hall–Kier alpha value is -2.57. The van der Waals surface area contributed by atoms with E-state index < -0.39 is 12.0 Å². The first kappa shape index (κ1) is 19.2. The Kier molecular flexibility index (Phi) is 6.32. The van der Waals surface area contributed by atoms with Gasteiger partial charge in [-0.25, -0.2) is 4.79 Å². The molecule has 0 radical (unpaired) electrons. The molecule has 2 heterocycles. The van der Waals surface area contributed by atoms with E-state index in [2.05, 4.69) is 5.32 Å². The summed E-state index contributed by atoms with van der Waals surface area (Å²) in [5, 5.41) is 12.3. The van der Waals surface area contributed by atoms with Gasteiger partial charge < -0.3 is 20.1 Å². The molecule has 0 spiro atoms. The summed E-state index contributed by atoms with van der Waals surface area (Å²) in [6.45, 7) is 1.08. The van der Waals surface area contributed by atoms with Crippen LogP contribution in [0.25, 0.3) is 0 Å². The fraction of sp³-hybridized carbons (Fsp3) is 0.550. The van der Waals surface area contributed by atoms with Crippen molar-refractivity contribution in [3.8, 4) is 5.75 Å². The quantitative estimate of drug-likeness (QED) is 0.782. The van der Waals surface area contributed by atoms with Gasteiger partial charge in [-0.2, -0.15) is 0 Å². The first-order valence-corrected chi connectivity index (χ1v) is 9.58. The first-order valence-electron chi connectivity index (χ1n) is 9.58. The van der Waals surface area contributed by atoms with Crippen LogP contribution in [0.4, 0.5) is 0 Å². The minimum absolute atomic E-state index is 0.0641. The van der Waals surface area contributed by atoms with Crippen molar-refractivity contribution in [2.75, 3.05) is 13.2 Å². The molecule has 0 aliphatic carbocycles. The van der Waals surface area contributed by atoms with Gasteiger partial charge in [-0.05, 0) is 36.1 Å². The minimum Gasteiger partial charge on any atom is -0.494 e. The van der Waals surface area contributed by atoms with Gasteiger partial charge in [0.15, 0.2) is 0 Å². The molecular weight excluding hydrogens is 348 g/mol. The number of carbonyl (C=O) groups is 3. The lowest BCUT2D eigenvalue weighted by Crippen LogP contribution is -2.49. The Bertz CT molecular complexity index is 718. The molecule has 2 N–H and O–H groups in total. The summed E-state index contributed by atoms with van der Waals surface area (Å²) in [7, 11) is 0. The number of amides is 2. The van der Waals surface area contributed by atoms with Crippen LogP contribution in [0.1, 0.15) is 49.7 Å². The SMILES string of the molecule is O=C1CCCCCCOc2ccc3c(c2)CN(C(=O)CCN1)C(C(=O)O)C3. The Morgan fingerprint density at radius 2 is 1.93 bits per heavy atom. The maximum atomic E-state index is 12.6. The van der Waals surface area contributed by atoms with Gasteiger partial charge in [0.25, 0.3) is 0 Å². The number of ether oxygens (including phenoxy) is 1. The van der Waals surface area contributed by atoms with Crippen molar-refractivity contribution < 1.29 is 24.2 Å². The fourth-order valence-corrected chi connectivity index (χ4v) is 3.61. The van der Waals surface area contributed by atoms with Gasteiger partial charge in [-0.15, -0.1) is 0 Å². The Morgan fingerprint density at radius 1 is 1.11 bits per heavy atom. The van der Waals surface area contributed by atoms with E-state index in [1.165, 1.54) is 4.90 Å². The standard InChI is InChI=1S/C20H26N2O5/c23-18-5-3-1-2-4-10-27-16-7-6-14-12-17(20(25)26)22(13-15(14)11-16)19(24)8-9-21-18/h6-7,11,17H,1-5,8-10,12-13H2,(H,21,23)(H,25,26). The third-order valence-electron chi connectivity index (χ3n) is 5.14. The van der Waals surface area contributed by atoms with Crippen LogP contribution in [-0.2, 0) is 27.3 Å². The van der Waals surface area contributed by atoms with Crippen LogP contribution >= 0.6 is 0 Å². The molecule has 3 bridgehead atoms. The topological polar surface area (TPSA) is 95.9 Å². The van der Waals surface area contributed by atoms with Crippen molar-refractivity contribution in [1.82, 2.24) is 10.2 Å². The predicted molar refractivity (Wildman–Crippen MR) is 98.3 cm³/mol. The molecule has 1 atom stereocenters. The minimum atomic E-state index is -1.01. The lowest BCUT2D eigenvalue weighted by molar-refractivity contribution is -0.151. The molecule has 2 aliphatic heterocycles. The molecule has 1 unspecified atom stereocenters. The average molecular weight is 374 g/mol. The summed E-state index contributed by atoms with van der Waals surface area (Å²) >= 11 is 0. The number of aliphatic carboxylic acids is 1. The smallest absolute Gasteiger partial charge is 0.326 e. The maximum absolute atomic E-state index is 12.6. The van der Waals surface area contributed by atoms with Gasteiger partial charge in [0.05, 0.1) is 6.61 Å². The molecule has 0 saturated heterocycles. The molecular formula is C20H26N2O5. The van der Waals surface area contributed by atoms with Gasteiger partial charge in [-0.1, -0.05) is 18.9 Å². The van der Waals surface area contributed by atoms with E-state index in [1.807, 2.05) is 18.2 Å². The van der Waals surface area contributed by atoms with Crippen LogP contribution in [0, 0.1) is 0 Å². The average Bonchev–Trinajstić information content (AvgIpc) is 2.65. The lowest BCUT2D eigenvalue weighted by atomic mass is 9.93. The number of nitrogens with one attached hydrogen (secondary N) is 1.